The second kappa shape index (κ2) is 7.39. The van der Waals surface area contributed by atoms with Crippen molar-refractivity contribution in [2.75, 3.05) is 30.1 Å². The summed E-state index contributed by atoms with van der Waals surface area (Å²) in [5, 5.41) is 7.69. The topological polar surface area (TPSA) is 74.7 Å². The molecule has 4 rings (SSSR count). The van der Waals surface area contributed by atoms with Crippen LogP contribution in [0.1, 0.15) is 29.3 Å². The lowest BCUT2D eigenvalue weighted by molar-refractivity contribution is 0.0984. The van der Waals surface area contributed by atoms with Crippen LogP contribution in [0.15, 0.2) is 29.4 Å². The van der Waals surface area contributed by atoms with E-state index >= 15 is 0 Å². The number of anilines is 2. The molecule has 1 aromatic heterocycles. The number of ether oxygens (including phenoxy) is 1. The minimum Gasteiger partial charge on any atom is -0.377 e. The highest BCUT2D eigenvalue weighted by atomic mass is 16.5. The first-order valence-corrected chi connectivity index (χ1v) is 9.01. The Kier molecular flexibility index (Phi) is 4.81. The number of hydrogen-bond acceptors (Lipinski definition) is 7. The molecule has 1 aromatic carbocycles. The third-order valence-corrected chi connectivity index (χ3v) is 4.73. The Morgan fingerprint density at radius 2 is 2.27 bits per heavy atom. The molecule has 0 saturated carbocycles. The molecule has 0 aliphatic carbocycles. The average Bonchev–Trinajstić information content (AvgIpc) is 3.10. The molecule has 2 aliphatic rings. The summed E-state index contributed by atoms with van der Waals surface area (Å²) in [5.41, 5.74) is 7.48. The summed E-state index contributed by atoms with van der Waals surface area (Å²) >= 11 is 0. The fraction of sp³-hybridized carbons (Fsp3) is 0.421. The van der Waals surface area contributed by atoms with Gasteiger partial charge in [0.1, 0.15) is 5.82 Å². The molecule has 7 heteroatoms. The highest BCUT2D eigenvalue weighted by Crippen LogP contribution is 2.28. The van der Waals surface area contributed by atoms with E-state index in [9.17, 15) is 0 Å². The monoisotopic (exact) mass is 352 g/mol. The molecule has 0 radical (unpaired) electrons. The van der Waals surface area contributed by atoms with Gasteiger partial charge in [0.2, 0.25) is 5.95 Å². The van der Waals surface area contributed by atoms with Crippen LogP contribution in [-0.4, -0.2) is 42.0 Å². The minimum atomic E-state index is 0.298. The van der Waals surface area contributed by atoms with E-state index in [4.69, 9.17) is 9.72 Å². The maximum atomic E-state index is 5.57. The summed E-state index contributed by atoms with van der Waals surface area (Å²) in [4.78, 5) is 11.7. The Labute approximate surface area is 153 Å². The number of nitrogens with zero attached hydrogens (tertiary/aromatic N) is 4. The van der Waals surface area contributed by atoms with Crippen molar-refractivity contribution in [1.82, 2.24) is 15.3 Å². The third-order valence-electron chi connectivity index (χ3n) is 4.73. The lowest BCUT2D eigenvalue weighted by Crippen LogP contribution is -2.44. The lowest BCUT2D eigenvalue weighted by Gasteiger charge is -2.35. The minimum absolute atomic E-state index is 0.298. The first-order valence-electron chi connectivity index (χ1n) is 9.01. The molecular formula is C19H24N6O. The van der Waals surface area contributed by atoms with E-state index < -0.39 is 0 Å². The molecule has 2 N–H and O–H groups in total. The molecule has 0 unspecified atom stereocenters. The van der Waals surface area contributed by atoms with E-state index in [0.717, 1.165) is 49.9 Å². The zero-order valence-electron chi connectivity index (χ0n) is 15.2. The normalized spacial score (nSPS) is 19.8. The molecule has 1 saturated heterocycles. The third kappa shape index (κ3) is 3.54. The van der Waals surface area contributed by atoms with Crippen molar-refractivity contribution in [3.8, 4) is 0 Å². The predicted octanol–water partition coefficient (Wildman–Crippen LogP) is 2.06. The maximum absolute atomic E-state index is 5.57. The molecule has 136 valence electrons. The number of hydrogen-bond donors (Lipinski definition) is 2. The van der Waals surface area contributed by atoms with Gasteiger partial charge in [-0.15, -0.1) is 0 Å². The maximum Gasteiger partial charge on any atom is 0.245 e. The smallest absolute Gasteiger partial charge is 0.245 e. The van der Waals surface area contributed by atoms with Gasteiger partial charge in [-0.05, 0) is 19.4 Å². The van der Waals surface area contributed by atoms with Gasteiger partial charge in [-0.1, -0.05) is 29.8 Å². The Balaban J connectivity index is 1.58. The Morgan fingerprint density at radius 1 is 1.35 bits per heavy atom. The Morgan fingerprint density at radius 3 is 3.12 bits per heavy atom. The number of aryl methyl sites for hydroxylation is 1. The van der Waals surface area contributed by atoms with Crippen LogP contribution in [0.4, 0.5) is 11.8 Å². The summed E-state index contributed by atoms with van der Waals surface area (Å²) < 4.78 is 5.57. The average molecular weight is 352 g/mol. The van der Waals surface area contributed by atoms with Gasteiger partial charge in [0, 0.05) is 25.2 Å². The van der Waals surface area contributed by atoms with Gasteiger partial charge < -0.3 is 15.0 Å². The molecule has 2 aliphatic heterocycles. The van der Waals surface area contributed by atoms with Crippen molar-refractivity contribution in [3.05, 3.63) is 46.6 Å². The van der Waals surface area contributed by atoms with Crippen molar-refractivity contribution in [2.45, 2.75) is 33.0 Å². The predicted molar refractivity (Wildman–Crippen MR) is 103 cm³/mol. The molecule has 7 nitrogen and oxygen atoms in total. The van der Waals surface area contributed by atoms with Crippen LogP contribution in [0.5, 0.6) is 0 Å². The van der Waals surface area contributed by atoms with Gasteiger partial charge in [-0.3, -0.25) is 0 Å². The number of rotatable bonds is 4. The second-order valence-electron chi connectivity index (χ2n) is 6.80. The standard InChI is InChI=1S/C19H24N6O/c1-13-4-3-5-15(8-13)9-21-24-19-22-17-11-20-10-16(17)18(23-19)25-6-7-26-12-14(25)2/h3-5,8-9,14,20H,6-7,10-12H2,1-2H3,(H,22,23,24)/b21-9+/t14-/m0/s1. The van der Waals surface area contributed by atoms with Crippen molar-refractivity contribution in [1.29, 1.82) is 0 Å². The lowest BCUT2D eigenvalue weighted by atomic mass is 10.2. The van der Waals surface area contributed by atoms with E-state index in [0.29, 0.717) is 12.0 Å². The van der Waals surface area contributed by atoms with Gasteiger partial charge in [0.15, 0.2) is 0 Å². The van der Waals surface area contributed by atoms with Crippen LogP contribution in [0.25, 0.3) is 0 Å². The highest BCUT2D eigenvalue weighted by Gasteiger charge is 2.27. The van der Waals surface area contributed by atoms with Crippen LogP contribution < -0.4 is 15.6 Å². The zero-order chi connectivity index (χ0) is 17.9. The molecule has 1 fully saturated rings. The van der Waals surface area contributed by atoms with Gasteiger partial charge in [-0.2, -0.15) is 10.1 Å². The number of aromatic nitrogens is 2. The van der Waals surface area contributed by atoms with Crippen LogP contribution >= 0.6 is 0 Å². The summed E-state index contributed by atoms with van der Waals surface area (Å²) in [5.74, 6) is 1.52. The molecule has 3 heterocycles. The molecular weight excluding hydrogens is 328 g/mol. The Bertz CT molecular complexity index is 822. The first-order chi connectivity index (χ1) is 12.7. The van der Waals surface area contributed by atoms with Crippen LogP contribution in [0.2, 0.25) is 0 Å². The molecule has 0 bridgehead atoms. The van der Waals surface area contributed by atoms with Crippen molar-refractivity contribution in [3.63, 3.8) is 0 Å². The van der Waals surface area contributed by atoms with Crippen molar-refractivity contribution < 1.29 is 4.74 Å². The summed E-state index contributed by atoms with van der Waals surface area (Å²) in [6.45, 7) is 8.10. The van der Waals surface area contributed by atoms with Gasteiger partial charge >= 0.3 is 0 Å². The van der Waals surface area contributed by atoms with Crippen LogP contribution in [0, 0.1) is 6.92 Å². The number of fused-ring (bicyclic) bond motifs is 1. The van der Waals surface area contributed by atoms with E-state index in [1.165, 1.54) is 11.1 Å². The molecule has 2 aromatic rings. The van der Waals surface area contributed by atoms with E-state index in [-0.39, 0.29) is 0 Å². The van der Waals surface area contributed by atoms with E-state index in [1.54, 1.807) is 6.21 Å². The number of nitrogens with one attached hydrogen (secondary N) is 2. The van der Waals surface area contributed by atoms with Crippen molar-refractivity contribution >= 4 is 18.0 Å². The Hall–Kier alpha value is -2.51. The second-order valence-corrected chi connectivity index (χ2v) is 6.80. The van der Waals surface area contributed by atoms with Crippen LogP contribution in [0.3, 0.4) is 0 Å². The first kappa shape index (κ1) is 16.9. The largest absolute Gasteiger partial charge is 0.377 e. The fourth-order valence-electron chi connectivity index (χ4n) is 3.39. The summed E-state index contributed by atoms with van der Waals surface area (Å²) in [6.07, 6.45) is 1.79. The van der Waals surface area contributed by atoms with Crippen molar-refractivity contribution in [2.24, 2.45) is 5.10 Å². The number of benzene rings is 1. The summed E-state index contributed by atoms with van der Waals surface area (Å²) in [7, 11) is 0. The molecule has 26 heavy (non-hydrogen) atoms. The van der Waals surface area contributed by atoms with Crippen LogP contribution in [-0.2, 0) is 17.8 Å². The van der Waals surface area contributed by atoms with E-state index in [1.807, 2.05) is 12.1 Å². The number of morpholine rings is 1. The fourth-order valence-corrected chi connectivity index (χ4v) is 3.39. The SMILES string of the molecule is Cc1cccc(/C=N/Nc2nc3c(c(N4CCOC[C@@H]4C)n2)CNC3)c1. The summed E-state index contributed by atoms with van der Waals surface area (Å²) in [6, 6.07) is 8.49. The molecule has 0 spiro atoms. The van der Waals surface area contributed by atoms with Gasteiger partial charge in [0.05, 0.1) is 31.2 Å². The van der Waals surface area contributed by atoms with E-state index in [2.05, 4.69) is 51.7 Å². The van der Waals surface area contributed by atoms with Gasteiger partial charge in [-0.25, -0.2) is 10.4 Å². The highest BCUT2D eigenvalue weighted by molar-refractivity contribution is 5.80. The quantitative estimate of drug-likeness (QED) is 0.648. The van der Waals surface area contributed by atoms with Gasteiger partial charge in [0.25, 0.3) is 0 Å². The zero-order valence-corrected chi connectivity index (χ0v) is 15.2. The molecule has 0 amide bonds. The molecule has 1 atom stereocenters. The number of hydrazone groups is 1.